The van der Waals surface area contributed by atoms with Crippen molar-refractivity contribution in [3.05, 3.63) is 24.3 Å². The van der Waals surface area contributed by atoms with Gasteiger partial charge in [-0.25, -0.2) is 8.42 Å². The summed E-state index contributed by atoms with van der Waals surface area (Å²) >= 11 is 0. The molecule has 1 saturated heterocycles. The summed E-state index contributed by atoms with van der Waals surface area (Å²) < 4.78 is 63.9. The van der Waals surface area contributed by atoms with Gasteiger partial charge in [-0.1, -0.05) is 47.5 Å². The molecule has 0 saturated carbocycles. The van der Waals surface area contributed by atoms with E-state index in [9.17, 15) is 26.4 Å². The van der Waals surface area contributed by atoms with Crippen molar-refractivity contribution in [2.75, 3.05) is 23.5 Å². The average Bonchev–Trinajstić information content (AvgIpc) is 2.96. The number of anilines is 1. The zero-order chi connectivity index (χ0) is 26.4. The number of hydrogen-bond donors (Lipinski definition) is 0. The van der Waals surface area contributed by atoms with Crippen LogP contribution in [0.3, 0.4) is 0 Å². The van der Waals surface area contributed by atoms with Gasteiger partial charge >= 0.3 is 6.18 Å². The topological polar surface area (TPSA) is 63.7 Å². The summed E-state index contributed by atoms with van der Waals surface area (Å²) in [5, 5.41) is 0. The molecule has 1 amide bonds. The molecule has 1 fully saturated rings. The summed E-state index contributed by atoms with van der Waals surface area (Å²) in [6.45, 7) is 11.5. The third-order valence-electron chi connectivity index (χ3n) is 5.59. The van der Waals surface area contributed by atoms with E-state index in [1.165, 1.54) is 18.4 Å². The molecule has 0 radical (unpaired) electrons. The van der Waals surface area contributed by atoms with Gasteiger partial charge in [0, 0.05) is 18.5 Å². The number of nitrogens with zero attached hydrogens (tertiary/aromatic N) is 1. The molecular formula is C25H40F3NO4S. The fourth-order valence-corrected chi connectivity index (χ4v) is 5.95. The summed E-state index contributed by atoms with van der Waals surface area (Å²) in [5.74, 6) is 0.544. The SMILES string of the molecule is CC(C)(C)CS(C)(=O)=O.CCCC1(CCC)CCN(c2ccc(OC(C)C(F)(F)F)cc2)C1=O. The number of sulfone groups is 1. The second kappa shape index (κ2) is 11.8. The van der Waals surface area contributed by atoms with Gasteiger partial charge in [-0.3, -0.25) is 4.79 Å². The van der Waals surface area contributed by atoms with Crippen LogP contribution in [-0.4, -0.2) is 45.2 Å². The lowest BCUT2D eigenvalue weighted by Gasteiger charge is -2.27. The maximum Gasteiger partial charge on any atom is 0.425 e. The molecule has 0 bridgehead atoms. The van der Waals surface area contributed by atoms with Gasteiger partial charge < -0.3 is 9.64 Å². The molecule has 0 N–H and O–H groups in total. The highest BCUT2D eigenvalue weighted by Gasteiger charge is 2.45. The van der Waals surface area contributed by atoms with Crippen molar-refractivity contribution >= 4 is 21.4 Å². The van der Waals surface area contributed by atoms with Crippen LogP contribution >= 0.6 is 0 Å². The highest BCUT2D eigenvalue weighted by molar-refractivity contribution is 7.90. The Balaban J connectivity index is 0.000000546. The minimum Gasteiger partial charge on any atom is -0.481 e. The quantitative estimate of drug-likeness (QED) is 0.407. The number of rotatable bonds is 8. The van der Waals surface area contributed by atoms with Gasteiger partial charge in [0.2, 0.25) is 5.91 Å². The lowest BCUT2D eigenvalue weighted by molar-refractivity contribution is -0.189. The zero-order valence-electron chi connectivity index (χ0n) is 21.5. The van der Waals surface area contributed by atoms with E-state index in [-0.39, 0.29) is 28.2 Å². The van der Waals surface area contributed by atoms with Crippen molar-refractivity contribution in [3.63, 3.8) is 0 Å². The molecule has 1 heterocycles. The molecular weight excluding hydrogens is 467 g/mol. The molecule has 0 aromatic heterocycles. The van der Waals surface area contributed by atoms with Crippen LogP contribution in [0.5, 0.6) is 5.75 Å². The van der Waals surface area contributed by atoms with Crippen molar-refractivity contribution < 1.29 is 31.1 Å². The number of hydrogen-bond acceptors (Lipinski definition) is 4. The molecule has 1 aromatic rings. The van der Waals surface area contributed by atoms with Gasteiger partial charge in [0.1, 0.15) is 15.6 Å². The molecule has 1 aliphatic rings. The molecule has 0 spiro atoms. The van der Waals surface area contributed by atoms with Crippen LogP contribution in [0.2, 0.25) is 0 Å². The first-order chi connectivity index (χ1) is 15.4. The zero-order valence-corrected chi connectivity index (χ0v) is 22.3. The lowest BCUT2D eigenvalue weighted by Crippen LogP contribution is -2.34. The maximum atomic E-state index is 12.9. The first-order valence-electron chi connectivity index (χ1n) is 11.8. The minimum atomic E-state index is -4.40. The van der Waals surface area contributed by atoms with E-state index in [4.69, 9.17) is 4.74 Å². The maximum absolute atomic E-state index is 12.9. The number of ether oxygens (including phenoxy) is 1. The van der Waals surface area contributed by atoms with Gasteiger partial charge in [0.05, 0.1) is 11.2 Å². The Morgan fingerprint density at radius 3 is 1.91 bits per heavy atom. The lowest BCUT2D eigenvalue weighted by atomic mass is 9.78. The second-order valence-corrected chi connectivity index (χ2v) is 12.6. The van der Waals surface area contributed by atoms with Crippen molar-refractivity contribution in [1.29, 1.82) is 0 Å². The van der Waals surface area contributed by atoms with E-state index in [0.717, 1.165) is 39.0 Å². The molecule has 9 heteroatoms. The molecule has 5 nitrogen and oxygen atoms in total. The minimum absolute atomic E-state index is 0.104. The third-order valence-corrected chi connectivity index (χ3v) is 6.98. The van der Waals surface area contributed by atoms with Crippen LogP contribution < -0.4 is 9.64 Å². The highest BCUT2D eigenvalue weighted by atomic mass is 32.2. The number of carbonyl (C=O) groups is 1. The molecule has 0 aliphatic carbocycles. The number of alkyl halides is 3. The largest absolute Gasteiger partial charge is 0.481 e. The number of carbonyl (C=O) groups excluding carboxylic acids is 1. The predicted octanol–water partition coefficient (Wildman–Crippen LogP) is 6.42. The van der Waals surface area contributed by atoms with Gasteiger partial charge in [-0.2, -0.15) is 13.2 Å². The van der Waals surface area contributed by atoms with Gasteiger partial charge in [0.15, 0.2) is 6.10 Å². The van der Waals surface area contributed by atoms with Crippen LogP contribution in [0.4, 0.5) is 18.9 Å². The summed E-state index contributed by atoms with van der Waals surface area (Å²) in [6.07, 6.45) is -0.503. The predicted molar refractivity (Wildman–Crippen MR) is 131 cm³/mol. The van der Waals surface area contributed by atoms with E-state index in [1.54, 1.807) is 17.0 Å². The summed E-state index contributed by atoms with van der Waals surface area (Å²) in [7, 11) is -2.78. The normalized spacial score (nSPS) is 17.2. The summed E-state index contributed by atoms with van der Waals surface area (Å²) in [4.78, 5) is 14.7. The Hall–Kier alpha value is -1.77. The van der Waals surface area contributed by atoms with Gasteiger partial charge in [0.25, 0.3) is 0 Å². The van der Waals surface area contributed by atoms with Crippen LogP contribution in [0, 0.1) is 10.8 Å². The molecule has 1 unspecified atom stereocenters. The Bertz CT molecular complexity index is 884. The first kappa shape index (κ1) is 30.3. The number of amides is 1. The molecule has 2 rings (SSSR count). The Kier molecular flexibility index (Phi) is 10.5. The van der Waals surface area contributed by atoms with E-state index in [1.807, 2.05) is 20.8 Å². The molecule has 1 aliphatic heterocycles. The third kappa shape index (κ3) is 9.47. The van der Waals surface area contributed by atoms with E-state index in [0.29, 0.717) is 12.2 Å². The molecule has 1 aromatic carbocycles. The first-order valence-corrected chi connectivity index (χ1v) is 13.8. The van der Waals surface area contributed by atoms with Gasteiger partial charge in [-0.15, -0.1) is 0 Å². The number of halogens is 3. The number of benzene rings is 1. The highest BCUT2D eigenvalue weighted by Crippen LogP contribution is 2.42. The Morgan fingerprint density at radius 2 is 1.56 bits per heavy atom. The Labute approximate surface area is 203 Å². The summed E-state index contributed by atoms with van der Waals surface area (Å²) in [6, 6.07) is 6.30. The van der Waals surface area contributed by atoms with E-state index in [2.05, 4.69) is 13.8 Å². The summed E-state index contributed by atoms with van der Waals surface area (Å²) in [5.41, 5.74) is 0.322. The smallest absolute Gasteiger partial charge is 0.425 e. The molecule has 1 atom stereocenters. The van der Waals surface area contributed by atoms with Crippen LogP contribution in [0.25, 0.3) is 0 Å². The van der Waals surface area contributed by atoms with Crippen molar-refractivity contribution in [1.82, 2.24) is 0 Å². The van der Waals surface area contributed by atoms with Crippen molar-refractivity contribution in [2.45, 2.75) is 85.9 Å². The average molecular weight is 508 g/mol. The Morgan fingerprint density at radius 1 is 1.06 bits per heavy atom. The van der Waals surface area contributed by atoms with Crippen LogP contribution in [-0.2, 0) is 14.6 Å². The van der Waals surface area contributed by atoms with Crippen LogP contribution in [0.1, 0.15) is 73.6 Å². The fourth-order valence-electron chi connectivity index (χ4n) is 4.38. The standard InChI is InChI=1S/C19H26F3NO2.C6H14O2S/c1-4-10-18(11-5-2)12-13-23(17(18)24)15-6-8-16(9-7-15)25-14(3)19(20,21)22;1-6(2,3)5-9(4,7)8/h6-9,14H,4-5,10-13H2,1-3H3;5H2,1-4H3. The van der Waals surface area contributed by atoms with Crippen molar-refractivity contribution in [3.8, 4) is 5.75 Å². The fraction of sp³-hybridized carbons (Fsp3) is 0.720. The van der Waals surface area contributed by atoms with Crippen molar-refractivity contribution in [2.24, 2.45) is 10.8 Å². The van der Waals surface area contributed by atoms with Crippen LogP contribution in [0.15, 0.2) is 24.3 Å². The monoisotopic (exact) mass is 507 g/mol. The molecule has 196 valence electrons. The van der Waals surface area contributed by atoms with Gasteiger partial charge in [-0.05, 0) is 55.9 Å². The second-order valence-electron chi connectivity index (χ2n) is 10.4. The molecule has 34 heavy (non-hydrogen) atoms. The van der Waals surface area contributed by atoms with E-state index < -0.39 is 22.1 Å². The van der Waals surface area contributed by atoms with E-state index >= 15 is 0 Å².